The van der Waals surface area contributed by atoms with Crippen molar-refractivity contribution in [1.82, 2.24) is 10.2 Å². The molecule has 0 unspecified atom stereocenters. The zero-order valence-corrected chi connectivity index (χ0v) is 10.4. The van der Waals surface area contributed by atoms with Gasteiger partial charge in [-0.1, -0.05) is 26.7 Å². The molecule has 0 aromatic carbocycles. The monoisotopic (exact) mass is 209 g/mol. The molecule has 0 fully saturated rings. The highest BCUT2D eigenvalue weighted by Crippen LogP contribution is 2.20. The van der Waals surface area contributed by atoms with Crippen molar-refractivity contribution < 1.29 is 0 Å². The lowest BCUT2D eigenvalue weighted by atomic mass is 10.1. The van der Waals surface area contributed by atoms with Gasteiger partial charge in [-0.05, 0) is 26.7 Å². The van der Waals surface area contributed by atoms with Crippen LogP contribution in [0, 0.1) is 13.8 Å². The molecule has 0 aliphatic carbocycles. The topological polar surface area (TPSA) is 40.7 Å². The van der Waals surface area contributed by atoms with E-state index in [9.17, 15) is 0 Å². The van der Waals surface area contributed by atoms with Crippen molar-refractivity contribution in [2.75, 3.05) is 5.32 Å². The molecule has 2 N–H and O–H groups in total. The third kappa shape index (κ3) is 3.26. The highest BCUT2D eigenvalue weighted by atomic mass is 15.2. The number of H-pyrrole nitrogens is 1. The minimum Gasteiger partial charge on any atom is -0.379 e. The van der Waals surface area contributed by atoms with Gasteiger partial charge < -0.3 is 5.32 Å². The van der Waals surface area contributed by atoms with E-state index in [1.54, 1.807) is 0 Å². The summed E-state index contributed by atoms with van der Waals surface area (Å²) in [4.78, 5) is 0. The van der Waals surface area contributed by atoms with Crippen molar-refractivity contribution in [2.45, 2.75) is 59.4 Å². The second kappa shape index (κ2) is 5.79. The molecular weight excluding hydrogens is 186 g/mol. The predicted octanol–water partition coefficient (Wildman–Crippen LogP) is 3.41. The molecule has 1 heterocycles. The van der Waals surface area contributed by atoms with Gasteiger partial charge in [0.15, 0.2) is 0 Å². The maximum Gasteiger partial charge on any atom is 0.0825 e. The number of aromatic nitrogens is 2. The van der Waals surface area contributed by atoms with Gasteiger partial charge in [-0.2, -0.15) is 5.10 Å². The fourth-order valence-electron chi connectivity index (χ4n) is 1.95. The molecule has 15 heavy (non-hydrogen) atoms. The van der Waals surface area contributed by atoms with Crippen molar-refractivity contribution in [3.05, 3.63) is 11.4 Å². The Kier molecular flexibility index (Phi) is 4.66. The first-order valence-electron chi connectivity index (χ1n) is 5.97. The minimum absolute atomic E-state index is 0.593. The normalized spacial score (nSPS) is 11.0. The number of rotatable bonds is 6. The molecule has 1 aromatic heterocycles. The molecule has 0 saturated carbocycles. The molecular formula is C12H23N3. The van der Waals surface area contributed by atoms with E-state index in [0.717, 1.165) is 11.4 Å². The summed E-state index contributed by atoms with van der Waals surface area (Å²) in [6.07, 6.45) is 4.93. The molecule has 0 radical (unpaired) electrons. The van der Waals surface area contributed by atoms with E-state index in [0.29, 0.717) is 6.04 Å². The van der Waals surface area contributed by atoms with Crippen LogP contribution in [-0.2, 0) is 0 Å². The molecule has 86 valence electrons. The van der Waals surface area contributed by atoms with Gasteiger partial charge in [0.2, 0.25) is 0 Å². The molecule has 0 spiro atoms. The lowest BCUT2D eigenvalue weighted by molar-refractivity contribution is 0.585. The highest BCUT2D eigenvalue weighted by Gasteiger charge is 2.11. The van der Waals surface area contributed by atoms with Crippen molar-refractivity contribution in [3.8, 4) is 0 Å². The van der Waals surface area contributed by atoms with Gasteiger partial charge in [0.05, 0.1) is 17.1 Å². The molecule has 0 amide bonds. The first-order valence-corrected chi connectivity index (χ1v) is 5.97. The molecule has 0 aliphatic rings. The molecule has 3 heteroatoms. The molecule has 0 atom stereocenters. The molecule has 0 saturated heterocycles. The predicted molar refractivity (Wildman–Crippen MR) is 65.3 cm³/mol. The van der Waals surface area contributed by atoms with Crippen molar-refractivity contribution >= 4 is 5.69 Å². The number of aryl methyl sites for hydroxylation is 2. The Labute approximate surface area is 92.7 Å². The first-order chi connectivity index (χ1) is 7.19. The summed E-state index contributed by atoms with van der Waals surface area (Å²) in [5.41, 5.74) is 3.41. The van der Waals surface area contributed by atoms with Gasteiger partial charge in [-0.25, -0.2) is 0 Å². The fraction of sp³-hybridized carbons (Fsp3) is 0.750. The van der Waals surface area contributed by atoms with E-state index >= 15 is 0 Å². The van der Waals surface area contributed by atoms with Crippen LogP contribution in [-0.4, -0.2) is 16.2 Å². The first kappa shape index (κ1) is 12.1. The second-order valence-electron chi connectivity index (χ2n) is 4.23. The van der Waals surface area contributed by atoms with Gasteiger partial charge in [-0.15, -0.1) is 0 Å². The summed E-state index contributed by atoms with van der Waals surface area (Å²) < 4.78 is 0. The Bertz CT molecular complexity index is 266. The van der Waals surface area contributed by atoms with Crippen LogP contribution >= 0.6 is 0 Å². The third-order valence-electron chi connectivity index (χ3n) is 2.75. The molecule has 1 rings (SSSR count). The van der Waals surface area contributed by atoms with E-state index in [1.165, 1.54) is 31.4 Å². The van der Waals surface area contributed by atoms with Gasteiger partial charge in [0.25, 0.3) is 0 Å². The van der Waals surface area contributed by atoms with Crippen molar-refractivity contribution in [1.29, 1.82) is 0 Å². The molecule has 0 bridgehead atoms. The minimum atomic E-state index is 0.593. The number of aromatic amines is 1. The van der Waals surface area contributed by atoms with E-state index in [-0.39, 0.29) is 0 Å². The summed E-state index contributed by atoms with van der Waals surface area (Å²) in [5, 5.41) is 10.8. The largest absolute Gasteiger partial charge is 0.379 e. The Hall–Kier alpha value is -0.990. The summed E-state index contributed by atoms with van der Waals surface area (Å²) in [6, 6.07) is 0.593. The zero-order chi connectivity index (χ0) is 11.3. The fourth-order valence-corrected chi connectivity index (χ4v) is 1.95. The summed E-state index contributed by atoms with van der Waals surface area (Å²) in [7, 11) is 0. The quantitative estimate of drug-likeness (QED) is 0.753. The third-order valence-corrected chi connectivity index (χ3v) is 2.75. The van der Waals surface area contributed by atoms with Crippen molar-refractivity contribution in [2.24, 2.45) is 0 Å². The van der Waals surface area contributed by atoms with Crippen LogP contribution in [0.15, 0.2) is 0 Å². The maximum atomic E-state index is 4.20. The average molecular weight is 209 g/mol. The number of hydrogen-bond donors (Lipinski definition) is 2. The lowest BCUT2D eigenvalue weighted by Crippen LogP contribution is -2.19. The van der Waals surface area contributed by atoms with Gasteiger partial charge in [0.1, 0.15) is 0 Å². The van der Waals surface area contributed by atoms with Gasteiger partial charge in [0, 0.05) is 6.04 Å². The van der Waals surface area contributed by atoms with E-state index in [2.05, 4.69) is 36.3 Å². The SMILES string of the molecule is CCCC(CCC)Nc1c(C)n[nH]c1C. The molecule has 3 nitrogen and oxygen atoms in total. The number of anilines is 1. The smallest absolute Gasteiger partial charge is 0.0825 e. The van der Waals surface area contributed by atoms with Crippen molar-refractivity contribution in [3.63, 3.8) is 0 Å². The van der Waals surface area contributed by atoms with E-state index in [4.69, 9.17) is 0 Å². The van der Waals surface area contributed by atoms with Crippen LogP contribution < -0.4 is 5.32 Å². The van der Waals surface area contributed by atoms with Crippen LogP contribution in [0.2, 0.25) is 0 Å². The maximum absolute atomic E-state index is 4.20. The Balaban J connectivity index is 2.64. The highest BCUT2D eigenvalue weighted by molar-refractivity contribution is 5.52. The van der Waals surface area contributed by atoms with Crippen LogP contribution in [0.1, 0.15) is 50.9 Å². The zero-order valence-electron chi connectivity index (χ0n) is 10.4. The van der Waals surface area contributed by atoms with Gasteiger partial charge in [-0.3, -0.25) is 5.10 Å². The van der Waals surface area contributed by atoms with E-state index < -0.39 is 0 Å². The number of nitrogens with zero attached hydrogens (tertiary/aromatic N) is 1. The van der Waals surface area contributed by atoms with Crippen LogP contribution in [0.5, 0.6) is 0 Å². The average Bonchev–Trinajstić information content (AvgIpc) is 2.50. The Morgan fingerprint density at radius 3 is 2.20 bits per heavy atom. The lowest BCUT2D eigenvalue weighted by Gasteiger charge is -2.18. The standard InChI is InChI=1S/C12H23N3/c1-5-7-11(8-6-2)13-12-9(3)14-15-10(12)4/h11,13H,5-8H2,1-4H3,(H,14,15). The number of nitrogens with one attached hydrogen (secondary N) is 2. The molecule has 1 aromatic rings. The summed E-state index contributed by atoms with van der Waals surface area (Å²) in [6.45, 7) is 8.58. The molecule has 0 aliphatic heterocycles. The van der Waals surface area contributed by atoms with E-state index in [1.807, 2.05) is 6.92 Å². The van der Waals surface area contributed by atoms with Crippen LogP contribution in [0.3, 0.4) is 0 Å². The summed E-state index contributed by atoms with van der Waals surface area (Å²) >= 11 is 0. The Morgan fingerprint density at radius 1 is 1.20 bits per heavy atom. The Morgan fingerprint density at radius 2 is 1.80 bits per heavy atom. The van der Waals surface area contributed by atoms with Crippen LogP contribution in [0.4, 0.5) is 5.69 Å². The van der Waals surface area contributed by atoms with Gasteiger partial charge >= 0.3 is 0 Å². The summed E-state index contributed by atoms with van der Waals surface area (Å²) in [5.74, 6) is 0. The van der Waals surface area contributed by atoms with Crippen LogP contribution in [0.25, 0.3) is 0 Å². The number of hydrogen-bond acceptors (Lipinski definition) is 2. The second-order valence-corrected chi connectivity index (χ2v) is 4.23.